The Bertz CT molecular complexity index is 509. The highest BCUT2D eigenvalue weighted by Gasteiger charge is 2.44. The van der Waals surface area contributed by atoms with Gasteiger partial charge in [-0.25, -0.2) is 4.79 Å². The summed E-state index contributed by atoms with van der Waals surface area (Å²) in [6, 6.07) is 8.74. The average molecular weight is 247 g/mol. The molecule has 0 N–H and O–H groups in total. The predicted octanol–water partition coefficient (Wildman–Crippen LogP) is 1.58. The second-order valence-electron chi connectivity index (χ2n) is 4.22. The molecule has 1 unspecified atom stereocenters. The minimum absolute atomic E-state index is 0.118. The zero-order valence-electron chi connectivity index (χ0n) is 10.2. The van der Waals surface area contributed by atoms with E-state index < -0.39 is 11.6 Å². The summed E-state index contributed by atoms with van der Waals surface area (Å²) in [6.45, 7) is 1.55. The number of nitrogens with zero attached hydrogens (tertiary/aromatic N) is 1. The molecule has 1 aromatic rings. The number of rotatable bonds is 3. The standard InChI is InChI=1S/C13H13NO4/c1-13(12(16)17-2)8-10(14-18-13)11(15)9-6-4-3-5-7-9/h3-7H,8H2,1-2H3. The fourth-order valence-corrected chi connectivity index (χ4v) is 1.74. The predicted molar refractivity (Wildman–Crippen MR) is 64.3 cm³/mol. The second-order valence-corrected chi connectivity index (χ2v) is 4.22. The molecule has 0 spiro atoms. The zero-order chi connectivity index (χ0) is 13.2. The van der Waals surface area contributed by atoms with Crippen molar-refractivity contribution in [2.45, 2.75) is 18.9 Å². The van der Waals surface area contributed by atoms with Gasteiger partial charge in [-0.2, -0.15) is 0 Å². The summed E-state index contributed by atoms with van der Waals surface area (Å²) in [4.78, 5) is 28.6. The first kappa shape index (κ1) is 12.3. The Labute approximate surface area is 104 Å². The lowest BCUT2D eigenvalue weighted by atomic mass is 9.95. The number of oxime groups is 1. The van der Waals surface area contributed by atoms with Gasteiger partial charge in [-0.05, 0) is 6.92 Å². The first-order valence-corrected chi connectivity index (χ1v) is 5.50. The van der Waals surface area contributed by atoms with Gasteiger partial charge in [0.05, 0.1) is 13.5 Å². The van der Waals surface area contributed by atoms with Crippen LogP contribution in [0.25, 0.3) is 0 Å². The number of carbonyl (C=O) groups is 2. The maximum absolute atomic E-state index is 12.1. The molecule has 1 heterocycles. The van der Waals surface area contributed by atoms with E-state index in [1.165, 1.54) is 7.11 Å². The van der Waals surface area contributed by atoms with Gasteiger partial charge in [-0.3, -0.25) is 4.79 Å². The molecular formula is C13H13NO4. The van der Waals surface area contributed by atoms with E-state index in [1.54, 1.807) is 31.2 Å². The van der Waals surface area contributed by atoms with E-state index >= 15 is 0 Å². The van der Waals surface area contributed by atoms with Gasteiger partial charge in [0.25, 0.3) is 0 Å². The number of ether oxygens (including phenoxy) is 1. The highest BCUT2D eigenvalue weighted by atomic mass is 16.7. The van der Waals surface area contributed by atoms with Gasteiger partial charge in [0.1, 0.15) is 5.71 Å². The van der Waals surface area contributed by atoms with E-state index in [9.17, 15) is 9.59 Å². The smallest absolute Gasteiger partial charge is 0.353 e. The number of hydrogen-bond acceptors (Lipinski definition) is 5. The first-order valence-electron chi connectivity index (χ1n) is 5.50. The van der Waals surface area contributed by atoms with Crippen LogP contribution in [0.5, 0.6) is 0 Å². The minimum atomic E-state index is -1.20. The van der Waals surface area contributed by atoms with Crippen LogP contribution in [0, 0.1) is 0 Å². The first-order chi connectivity index (χ1) is 8.57. The van der Waals surface area contributed by atoms with E-state index in [0.29, 0.717) is 5.56 Å². The molecule has 18 heavy (non-hydrogen) atoms. The zero-order valence-corrected chi connectivity index (χ0v) is 10.2. The Balaban J connectivity index is 2.14. The molecule has 5 nitrogen and oxygen atoms in total. The largest absolute Gasteiger partial charge is 0.466 e. The number of methoxy groups -OCH3 is 1. The number of ketones is 1. The van der Waals surface area contributed by atoms with E-state index in [0.717, 1.165) is 0 Å². The van der Waals surface area contributed by atoms with Crippen molar-refractivity contribution < 1.29 is 19.2 Å². The summed E-state index contributed by atoms with van der Waals surface area (Å²) >= 11 is 0. The summed E-state index contributed by atoms with van der Waals surface area (Å²) in [6.07, 6.45) is 0.118. The summed E-state index contributed by atoms with van der Waals surface area (Å²) in [7, 11) is 1.27. The van der Waals surface area contributed by atoms with Crippen LogP contribution in [-0.4, -0.2) is 30.2 Å². The quantitative estimate of drug-likeness (QED) is 0.600. The van der Waals surface area contributed by atoms with Crippen LogP contribution in [-0.2, 0) is 14.4 Å². The maximum Gasteiger partial charge on any atom is 0.353 e. The molecule has 0 radical (unpaired) electrons. The topological polar surface area (TPSA) is 65.0 Å². The molecule has 5 heteroatoms. The fraction of sp³-hybridized carbons (Fsp3) is 0.308. The molecule has 0 saturated carbocycles. The molecule has 0 aromatic heterocycles. The molecule has 1 aliphatic rings. The van der Waals surface area contributed by atoms with Crippen molar-refractivity contribution in [2.75, 3.05) is 7.11 Å². The van der Waals surface area contributed by atoms with Gasteiger partial charge in [0, 0.05) is 5.56 Å². The monoisotopic (exact) mass is 247 g/mol. The SMILES string of the molecule is COC(=O)C1(C)CC(C(=O)c2ccccc2)=NO1. The van der Waals surface area contributed by atoms with Crippen LogP contribution in [0.15, 0.2) is 35.5 Å². The Hall–Kier alpha value is -2.17. The number of benzene rings is 1. The van der Waals surface area contributed by atoms with Gasteiger partial charge in [-0.1, -0.05) is 35.5 Å². The molecule has 0 aliphatic carbocycles. The lowest BCUT2D eigenvalue weighted by Crippen LogP contribution is -2.37. The second kappa shape index (κ2) is 4.60. The van der Waals surface area contributed by atoms with E-state index in [-0.39, 0.29) is 17.9 Å². The van der Waals surface area contributed by atoms with Crippen LogP contribution in [0.1, 0.15) is 23.7 Å². The van der Waals surface area contributed by atoms with Crippen LogP contribution >= 0.6 is 0 Å². The van der Waals surface area contributed by atoms with Gasteiger partial charge in [-0.15, -0.1) is 0 Å². The van der Waals surface area contributed by atoms with E-state index in [1.807, 2.05) is 6.07 Å². The molecule has 94 valence electrons. The van der Waals surface area contributed by atoms with Crippen LogP contribution in [0.3, 0.4) is 0 Å². The van der Waals surface area contributed by atoms with Crippen molar-refractivity contribution in [3.63, 3.8) is 0 Å². The van der Waals surface area contributed by atoms with Crippen molar-refractivity contribution in [3.05, 3.63) is 35.9 Å². The normalized spacial score (nSPS) is 22.0. The molecule has 0 amide bonds. The summed E-state index contributed by atoms with van der Waals surface area (Å²) in [5.74, 6) is -0.773. The average Bonchev–Trinajstić information content (AvgIpc) is 2.82. The summed E-state index contributed by atoms with van der Waals surface area (Å²) < 4.78 is 4.62. The molecule has 0 fully saturated rings. The van der Waals surface area contributed by atoms with E-state index in [4.69, 9.17) is 4.84 Å². The number of hydrogen-bond donors (Lipinski definition) is 0. The third-order valence-corrected chi connectivity index (χ3v) is 2.78. The lowest BCUT2D eigenvalue weighted by molar-refractivity contribution is -0.164. The van der Waals surface area contributed by atoms with Crippen molar-refractivity contribution in [1.82, 2.24) is 0 Å². The molecule has 1 aromatic carbocycles. The van der Waals surface area contributed by atoms with Gasteiger partial charge in [0.15, 0.2) is 0 Å². The summed E-state index contributed by atoms with van der Waals surface area (Å²) in [5.41, 5.74) is -0.447. The van der Waals surface area contributed by atoms with Crippen LogP contribution in [0.4, 0.5) is 0 Å². The Morgan fingerprint density at radius 1 is 1.33 bits per heavy atom. The third kappa shape index (κ3) is 2.11. The van der Waals surface area contributed by atoms with Crippen LogP contribution in [0.2, 0.25) is 0 Å². The number of carbonyl (C=O) groups excluding carboxylic acids is 2. The number of esters is 1. The molecule has 1 atom stereocenters. The number of Topliss-reactive ketones (excluding diaryl/α,β-unsaturated/α-hetero) is 1. The lowest BCUT2D eigenvalue weighted by Gasteiger charge is -2.17. The minimum Gasteiger partial charge on any atom is -0.466 e. The van der Waals surface area contributed by atoms with Gasteiger partial charge in [0.2, 0.25) is 11.4 Å². The molecule has 2 rings (SSSR count). The Morgan fingerprint density at radius 3 is 2.61 bits per heavy atom. The van der Waals surface area contributed by atoms with Gasteiger partial charge >= 0.3 is 5.97 Å². The van der Waals surface area contributed by atoms with Crippen molar-refractivity contribution in [1.29, 1.82) is 0 Å². The van der Waals surface area contributed by atoms with Gasteiger partial charge < -0.3 is 9.57 Å². The van der Waals surface area contributed by atoms with Crippen molar-refractivity contribution in [3.8, 4) is 0 Å². The maximum atomic E-state index is 12.1. The Morgan fingerprint density at radius 2 is 2.00 bits per heavy atom. The van der Waals surface area contributed by atoms with Crippen LogP contribution < -0.4 is 0 Å². The fourth-order valence-electron chi connectivity index (χ4n) is 1.74. The van der Waals surface area contributed by atoms with Crippen molar-refractivity contribution in [2.24, 2.45) is 5.16 Å². The summed E-state index contributed by atoms with van der Waals surface area (Å²) in [5, 5.41) is 3.70. The highest BCUT2D eigenvalue weighted by Crippen LogP contribution is 2.26. The molecule has 0 saturated heterocycles. The van der Waals surface area contributed by atoms with Crippen molar-refractivity contribution >= 4 is 17.5 Å². The molecule has 1 aliphatic heterocycles. The third-order valence-electron chi connectivity index (χ3n) is 2.78. The Kier molecular flexibility index (Phi) is 3.14. The molecule has 0 bridgehead atoms. The van der Waals surface area contributed by atoms with E-state index in [2.05, 4.69) is 9.89 Å². The molecular weight excluding hydrogens is 234 g/mol. The highest BCUT2D eigenvalue weighted by molar-refractivity contribution is 6.46.